The number of nitrogens with one attached hydrogen (secondary N) is 1. The molecule has 0 bridgehead atoms. The van der Waals surface area contributed by atoms with Crippen molar-refractivity contribution in [1.29, 1.82) is 0 Å². The number of likely N-dealkylation sites (tertiary alicyclic amines) is 1. The minimum absolute atomic E-state index is 0.0218. The summed E-state index contributed by atoms with van der Waals surface area (Å²) in [6.07, 6.45) is 11.8. The molecular weight excluding hydrogens is 436 g/mol. The first-order valence-electron chi connectivity index (χ1n) is 13.2. The van der Waals surface area contributed by atoms with Crippen LogP contribution in [0, 0.1) is 25.7 Å². The van der Waals surface area contributed by atoms with Crippen molar-refractivity contribution in [3.05, 3.63) is 53.3 Å². The van der Waals surface area contributed by atoms with Gasteiger partial charge in [-0.1, -0.05) is 48.6 Å². The van der Waals surface area contributed by atoms with Gasteiger partial charge in [-0.2, -0.15) is 0 Å². The highest BCUT2D eigenvalue weighted by atomic mass is 16.2. The van der Waals surface area contributed by atoms with Crippen LogP contribution in [0.4, 0.5) is 0 Å². The Morgan fingerprint density at radius 2 is 1.71 bits per heavy atom. The minimum Gasteiger partial charge on any atom is -0.368 e. The van der Waals surface area contributed by atoms with Gasteiger partial charge in [-0.3, -0.25) is 14.6 Å². The van der Waals surface area contributed by atoms with E-state index < -0.39 is 6.04 Å². The molecule has 0 radical (unpaired) electrons. The Balaban J connectivity index is 1.60. The van der Waals surface area contributed by atoms with E-state index in [4.69, 9.17) is 5.73 Å². The summed E-state index contributed by atoms with van der Waals surface area (Å²) in [4.78, 5) is 32.7. The Kier molecular flexibility index (Phi) is 8.22. The highest BCUT2D eigenvalue weighted by Crippen LogP contribution is 2.39. The lowest BCUT2D eigenvalue weighted by Gasteiger charge is -2.36. The number of carbonyl (C=O) groups is 2. The van der Waals surface area contributed by atoms with Crippen molar-refractivity contribution >= 4 is 11.8 Å². The molecule has 3 atom stereocenters. The van der Waals surface area contributed by atoms with Crippen molar-refractivity contribution < 1.29 is 9.59 Å². The summed E-state index contributed by atoms with van der Waals surface area (Å²) in [5, 5.41) is 3.04. The zero-order valence-electron chi connectivity index (χ0n) is 21.4. The van der Waals surface area contributed by atoms with E-state index in [9.17, 15) is 9.59 Å². The molecule has 1 aromatic heterocycles. The van der Waals surface area contributed by atoms with Gasteiger partial charge in [0.15, 0.2) is 0 Å². The molecular formula is C29H40N4O2. The molecule has 1 saturated carbocycles. The molecule has 3 unspecified atom stereocenters. The summed E-state index contributed by atoms with van der Waals surface area (Å²) in [5.74, 6) is -0.0778. The Hall–Kier alpha value is -2.73. The van der Waals surface area contributed by atoms with E-state index in [1.165, 1.54) is 17.5 Å². The number of benzene rings is 1. The first-order chi connectivity index (χ1) is 16.9. The maximum Gasteiger partial charge on any atom is 0.234 e. The number of primary amides is 1. The lowest BCUT2D eigenvalue weighted by molar-refractivity contribution is -0.139. The molecule has 1 aliphatic heterocycles. The molecule has 2 amide bonds. The molecule has 188 valence electrons. The van der Waals surface area contributed by atoms with E-state index in [1.807, 2.05) is 12.4 Å². The monoisotopic (exact) mass is 476 g/mol. The molecule has 1 aromatic carbocycles. The number of hydrogen-bond donors (Lipinski definition) is 2. The number of nitrogens with zero attached hydrogens (tertiary/aromatic N) is 2. The molecule has 6 nitrogen and oxygen atoms in total. The second-order valence-corrected chi connectivity index (χ2v) is 10.6. The summed E-state index contributed by atoms with van der Waals surface area (Å²) in [6, 6.07) is 8.29. The topological polar surface area (TPSA) is 88.3 Å². The van der Waals surface area contributed by atoms with Crippen LogP contribution >= 0.6 is 0 Å². The summed E-state index contributed by atoms with van der Waals surface area (Å²) in [6.45, 7) is 4.98. The Morgan fingerprint density at radius 1 is 1.00 bits per heavy atom. The van der Waals surface area contributed by atoms with Crippen molar-refractivity contribution in [3.63, 3.8) is 0 Å². The average Bonchev–Trinajstić information content (AvgIpc) is 3.34. The number of aromatic nitrogens is 1. The van der Waals surface area contributed by atoms with Gasteiger partial charge in [-0.25, -0.2) is 0 Å². The predicted octanol–water partition coefficient (Wildman–Crippen LogP) is 4.69. The van der Waals surface area contributed by atoms with Crippen LogP contribution in [-0.2, 0) is 9.59 Å². The van der Waals surface area contributed by atoms with Crippen LogP contribution in [0.5, 0.6) is 0 Å². The third kappa shape index (κ3) is 5.92. The van der Waals surface area contributed by atoms with Crippen molar-refractivity contribution in [2.75, 3.05) is 13.6 Å². The standard InChI is InChI=1S/C29H40N4O2/c1-19-12-20(2)14-22(13-19)23-15-24(18-32-17-23)27-10-7-11-33(27)29(35)25(16-26(31-3)28(30)34)21-8-5-4-6-9-21/h12-15,17-18,21,25-27,31H,4-11,16H2,1-3H3,(H2,30,34). The number of aryl methyl sites for hydroxylation is 2. The highest BCUT2D eigenvalue weighted by Gasteiger charge is 2.39. The lowest BCUT2D eigenvalue weighted by Crippen LogP contribution is -2.46. The van der Waals surface area contributed by atoms with E-state index in [0.717, 1.165) is 61.8 Å². The van der Waals surface area contributed by atoms with Crippen LogP contribution in [0.15, 0.2) is 36.7 Å². The molecule has 6 heteroatoms. The van der Waals surface area contributed by atoms with Crippen molar-refractivity contribution in [3.8, 4) is 11.1 Å². The van der Waals surface area contributed by atoms with E-state index >= 15 is 0 Å². The second-order valence-electron chi connectivity index (χ2n) is 10.6. The van der Waals surface area contributed by atoms with Gasteiger partial charge in [0.1, 0.15) is 0 Å². The molecule has 2 fully saturated rings. The summed E-state index contributed by atoms with van der Waals surface area (Å²) >= 11 is 0. The SMILES string of the molecule is CNC(CC(C(=O)N1CCCC1c1cncc(-c2cc(C)cc(C)c2)c1)C1CCCCC1)C(N)=O. The molecule has 3 N–H and O–H groups in total. The summed E-state index contributed by atoms with van der Waals surface area (Å²) in [7, 11) is 1.75. The van der Waals surface area contributed by atoms with Crippen LogP contribution in [-0.4, -0.2) is 41.3 Å². The lowest BCUT2D eigenvalue weighted by atomic mass is 9.76. The molecule has 35 heavy (non-hydrogen) atoms. The summed E-state index contributed by atoms with van der Waals surface area (Å²) < 4.78 is 0. The Labute approximate surface area is 209 Å². The summed E-state index contributed by atoms with van der Waals surface area (Å²) in [5.41, 5.74) is 11.4. The van der Waals surface area contributed by atoms with Crippen LogP contribution in [0.2, 0.25) is 0 Å². The molecule has 1 saturated heterocycles. The molecule has 1 aliphatic carbocycles. The number of hydrogen-bond acceptors (Lipinski definition) is 4. The maximum absolute atomic E-state index is 14.1. The maximum atomic E-state index is 14.1. The zero-order chi connectivity index (χ0) is 24.9. The van der Waals surface area contributed by atoms with Gasteiger partial charge in [0.05, 0.1) is 12.1 Å². The number of pyridine rings is 1. The Morgan fingerprint density at radius 3 is 2.37 bits per heavy atom. The fourth-order valence-corrected chi connectivity index (χ4v) is 6.19. The van der Waals surface area contributed by atoms with Gasteiger partial charge in [-0.05, 0) is 76.1 Å². The van der Waals surface area contributed by atoms with E-state index in [1.54, 1.807) is 7.05 Å². The van der Waals surface area contributed by atoms with Gasteiger partial charge in [-0.15, -0.1) is 0 Å². The molecule has 2 heterocycles. The molecule has 0 spiro atoms. The van der Waals surface area contributed by atoms with Crippen LogP contribution in [0.1, 0.15) is 74.1 Å². The minimum atomic E-state index is -0.485. The van der Waals surface area contributed by atoms with Gasteiger partial charge in [0, 0.05) is 30.4 Å². The molecule has 2 aromatic rings. The average molecular weight is 477 g/mol. The second kappa shape index (κ2) is 11.3. The first kappa shape index (κ1) is 25.4. The largest absolute Gasteiger partial charge is 0.368 e. The quantitative estimate of drug-likeness (QED) is 0.579. The molecule has 2 aliphatic rings. The van der Waals surface area contributed by atoms with Gasteiger partial charge >= 0.3 is 0 Å². The predicted molar refractivity (Wildman–Crippen MR) is 140 cm³/mol. The van der Waals surface area contributed by atoms with Crippen molar-refractivity contribution in [1.82, 2.24) is 15.2 Å². The smallest absolute Gasteiger partial charge is 0.234 e. The third-order valence-electron chi connectivity index (χ3n) is 7.95. The van der Waals surface area contributed by atoms with E-state index in [0.29, 0.717) is 12.3 Å². The number of amides is 2. The van der Waals surface area contributed by atoms with Gasteiger partial charge < -0.3 is 16.0 Å². The Bertz CT molecular complexity index is 1030. The normalized spacial score (nSPS) is 20.5. The third-order valence-corrected chi connectivity index (χ3v) is 7.95. The fourth-order valence-electron chi connectivity index (χ4n) is 6.19. The van der Waals surface area contributed by atoms with E-state index in [-0.39, 0.29) is 23.8 Å². The first-order valence-corrected chi connectivity index (χ1v) is 13.2. The molecule has 4 rings (SSSR count). The van der Waals surface area contributed by atoms with Crippen molar-refractivity contribution in [2.45, 2.75) is 77.3 Å². The highest BCUT2D eigenvalue weighted by molar-refractivity contribution is 5.83. The van der Waals surface area contributed by atoms with E-state index in [2.05, 4.69) is 53.3 Å². The van der Waals surface area contributed by atoms with Crippen molar-refractivity contribution in [2.24, 2.45) is 17.6 Å². The fraction of sp³-hybridized carbons (Fsp3) is 0.552. The van der Waals surface area contributed by atoms with Crippen LogP contribution in [0.3, 0.4) is 0 Å². The number of carbonyl (C=O) groups excluding carboxylic acids is 2. The van der Waals surface area contributed by atoms with Crippen LogP contribution in [0.25, 0.3) is 11.1 Å². The zero-order valence-corrected chi connectivity index (χ0v) is 21.4. The number of nitrogens with two attached hydrogens (primary N) is 1. The van der Waals surface area contributed by atoms with Crippen LogP contribution < -0.4 is 11.1 Å². The number of likely N-dealkylation sites (N-methyl/N-ethyl adjacent to an activating group) is 1. The van der Waals surface area contributed by atoms with Gasteiger partial charge in [0.25, 0.3) is 0 Å². The number of rotatable bonds is 8. The van der Waals surface area contributed by atoms with Gasteiger partial charge in [0.2, 0.25) is 11.8 Å².